The molecular weight excluding hydrogens is 248 g/mol. The molecule has 0 amide bonds. The van der Waals surface area contributed by atoms with Gasteiger partial charge in [-0.3, -0.25) is 9.88 Å². The van der Waals surface area contributed by atoms with Crippen LogP contribution in [0.4, 0.5) is 5.69 Å². The Kier molecular flexibility index (Phi) is 5.38. The Labute approximate surface area is 123 Å². The molecule has 1 saturated heterocycles. The summed E-state index contributed by atoms with van der Waals surface area (Å²) in [7, 11) is 0. The van der Waals surface area contributed by atoms with Gasteiger partial charge in [0.25, 0.3) is 0 Å². The molecule has 0 radical (unpaired) electrons. The number of hydrogen-bond donors (Lipinski definition) is 1. The highest BCUT2D eigenvalue weighted by Gasteiger charge is 2.20. The van der Waals surface area contributed by atoms with E-state index in [2.05, 4.69) is 47.7 Å². The van der Waals surface area contributed by atoms with E-state index in [9.17, 15) is 0 Å². The molecule has 2 heterocycles. The number of rotatable bonds is 5. The minimum absolute atomic E-state index is 0.0614. The quantitative estimate of drug-likeness (QED) is 0.897. The van der Waals surface area contributed by atoms with E-state index in [0.717, 1.165) is 38.3 Å². The highest BCUT2D eigenvalue weighted by molar-refractivity contribution is 5.45. The van der Waals surface area contributed by atoms with Gasteiger partial charge >= 0.3 is 0 Å². The van der Waals surface area contributed by atoms with Gasteiger partial charge in [-0.05, 0) is 31.9 Å². The topological polar surface area (TPSA) is 45.4 Å². The molecule has 1 unspecified atom stereocenters. The van der Waals surface area contributed by atoms with Crippen molar-refractivity contribution < 1.29 is 0 Å². The molecule has 0 aromatic carbocycles. The van der Waals surface area contributed by atoms with E-state index >= 15 is 0 Å². The third-order valence-corrected chi connectivity index (χ3v) is 4.48. The molecule has 0 saturated carbocycles. The number of piperazine rings is 1. The Morgan fingerprint density at radius 2 is 1.85 bits per heavy atom. The van der Waals surface area contributed by atoms with Crippen molar-refractivity contribution in [1.82, 2.24) is 9.88 Å². The van der Waals surface area contributed by atoms with E-state index in [1.807, 2.05) is 6.20 Å². The maximum atomic E-state index is 6.01. The van der Waals surface area contributed by atoms with Crippen molar-refractivity contribution in [2.24, 2.45) is 5.73 Å². The van der Waals surface area contributed by atoms with Crippen molar-refractivity contribution in [3.8, 4) is 0 Å². The molecule has 4 nitrogen and oxygen atoms in total. The minimum Gasteiger partial charge on any atom is -0.368 e. The number of nitrogens with two attached hydrogens (primary N) is 1. The summed E-state index contributed by atoms with van der Waals surface area (Å²) in [5, 5.41) is 0. The first-order valence-corrected chi connectivity index (χ1v) is 7.86. The van der Waals surface area contributed by atoms with Crippen molar-refractivity contribution in [3.63, 3.8) is 0 Å². The normalized spacial score (nSPS) is 19.9. The summed E-state index contributed by atoms with van der Waals surface area (Å²) < 4.78 is 0. The van der Waals surface area contributed by atoms with E-state index in [-0.39, 0.29) is 6.04 Å². The first kappa shape index (κ1) is 15.3. The monoisotopic (exact) mass is 276 g/mol. The van der Waals surface area contributed by atoms with Crippen LogP contribution in [-0.2, 0) is 0 Å². The lowest BCUT2D eigenvalue weighted by Crippen LogP contribution is -2.49. The van der Waals surface area contributed by atoms with Gasteiger partial charge in [-0.15, -0.1) is 0 Å². The summed E-state index contributed by atoms with van der Waals surface area (Å²) in [6.45, 7) is 11.1. The van der Waals surface area contributed by atoms with Gasteiger partial charge in [0.05, 0.1) is 17.6 Å². The summed E-state index contributed by atoms with van der Waals surface area (Å²) >= 11 is 0. The van der Waals surface area contributed by atoms with Crippen LogP contribution in [0.1, 0.15) is 45.3 Å². The molecule has 112 valence electrons. The zero-order valence-electron chi connectivity index (χ0n) is 13.0. The van der Waals surface area contributed by atoms with Crippen LogP contribution in [0.2, 0.25) is 0 Å². The van der Waals surface area contributed by atoms with E-state index in [1.54, 1.807) is 0 Å². The van der Waals surface area contributed by atoms with Crippen LogP contribution < -0.4 is 10.6 Å². The van der Waals surface area contributed by atoms with Gasteiger partial charge < -0.3 is 10.6 Å². The number of pyridine rings is 1. The molecule has 1 aromatic rings. The van der Waals surface area contributed by atoms with E-state index in [4.69, 9.17) is 5.73 Å². The third kappa shape index (κ3) is 3.49. The fourth-order valence-electron chi connectivity index (χ4n) is 2.69. The predicted octanol–water partition coefficient (Wildman–Crippen LogP) is 2.41. The van der Waals surface area contributed by atoms with Crippen LogP contribution in [0, 0.1) is 0 Å². The third-order valence-electron chi connectivity index (χ3n) is 4.48. The number of anilines is 1. The first-order chi connectivity index (χ1) is 9.65. The molecule has 2 N–H and O–H groups in total. The lowest BCUT2D eigenvalue weighted by Gasteiger charge is -2.38. The highest BCUT2D eigenvalue weighted by Crippen LogP contribution is 2.19. The van der Waals surface area contributed by atoms with Gasteiger partial charge in [-0.2, -0.15) is 0 Å². The van der Waals surface area contributed by atoms with Gasteiger partial charge in [-0.25, -0.2) is 0 Å². The molecule has 0 spiro atoms. The second-order valence-corrected chi connectivity index (χ2v) is 5.74. The van der Waals surface area contributed by atoms with Crippen molar-refractivity contribution in [2.75, 3.05) is 31.1 Å². The maximum Gasteiger partial charge on any atom is 0.0572 e. The van der Waals surface area contributed by atoms with Gasteiger partial charge in [0, 0.05) is 38.3 Å². The molecule has 4 heteroatoms. The predicted molar refractivity (Wildman–Crippen MR) is 85.0 cm³/mol. The minimum atomic E-state index is 0.0614. The van der Waals surface area contributed by atoms with Crippen molar-refractivity contribution >= 4 is 5.69 Å². The van der Waals surface area contributed by atoms with Gasteiger partial charge in [0.2, 0.25) is 0 Å². The van der Waals surface area contributed by atoms with Gasteiger partial charge in [0.15, 0.2) is 0 Å². The average Bonchev–Trinajstić information content (AvgIpc) is 2.53. The SMILES string of the molecule is CCC(C)N1CCN(c2ccc([C@H](N)CC)nc2)CC1. The van der Waals surface area contributed by atoms with Crippen LogP contribution in [0.15, 0.2) is 18.3 Å². The van der Waals surface area contributed by atoms with E-state index in [1.165, 1.54) is 12.1 Å². The van der Waals surface area contributed by atoms with E-state index < -0.39 is 0 Å². The number of hydrogen-bond acceptors (Lipinski definition) is 4. The van der Waals surface area contributed by atoms with Crippen LogP contribution in [0.5, 0.6) is 0 Å². The zero-order chi connectivity index (χ0) is 14.5. The summed E-state index contributed by atoms with van der Waals surface area (Å²) in [5.41, 5.74) is 8.22. The molecule has 2 atom stereocenters. The number of aromatic nitrogens is 1. The van der Waals surface area contributed by atoms with Crippen LogP contribution >= 0.6 is 0 Å². The van der Waals surface area contributed by atoms with Crippen LogP contribution in [0.3, 0.4) is 0 Å². The second-order valence-electron chi connectivity index (χ2n) is 5.74. The highest BCUT2D eigenvalue weighted by atomic mass is 15.3. The average molecular weight is 276 g/mol. The Morgan fingerprint density at radius 1 is 1.15 bits per heavy atom. The molecule has 0 aliphatic carbocycles. The zero-order valence-corrected chi connectivity index (χ0v) is 13.0. The lowest BCUT2D eigenvalue weighted by atomic mass is 10.1. The fourth-order valence-corrected chi connectivity index (χ4v) is 2.69. The molecule has 1 fully saturated rings. The largest absolute Gasteiger partial charge is 0.368 e. The van der Waals surface area contributed by atoms with Gasteiger partial charge in [-0.1, -0.05) is 13.8 Å². The maximum absolute atomic E-state index is 6.01. The van der Waals surface area contributed by atoms with Crippen LogP contribution in [-0.4, -0.2) is 42.1 Å². The molecule has 1 aliphatic heterocycles. The Hall–Kier alpha value is -1.13. The Morgan fingerprint density at radius 3 is 2.35 bits per heavy atom. The first-order valence-electron chi connectivity index (χ1n) is 7.86. The summed E-state index contributed by atoms with van der Waals surface area (Å²) in [4.78, 5) is 9.51. The van der Waals surface area contributed by atoms with Gasteiger partial charge in [0.1, 0.15) is 0 Å². The summed E-state index contributed by atoms with van der Waals surface area (Å²) in [5.74, 6) is 0. The Bertz CT molecular complexity index is 395. The molecule has 20 heavy (non-hydrogen) atoms. The lowest BCUT2D eigenvalue weighted by molar-refractivity contribution is 0.193. The molecule has 0 bridgehead atoms. The Balaban J connectivity index is 1.93. The summed E-state index contributed by atoms with van der Waals surface area (Å²) in [6.07, 6.45) is 4.13. The van der Waals surface area contributed by atoms with Crippen molar-refractivity contribution in [3.05, 3.63) is 24.0 Å². The van der Waals surface area contributed by atoms with Crippen molar-refractivity contribution in [1.29, 1.82) is 0 Å². The second kappa shape index (κ2) is 7.04. The van der Waals surface area contributed by atoms with Crippen LogP contribution in [0.25, 0.3) is 0 Å². The molecular formula is C16H28N4. The molecule has 2 rings (SSSR count). The summed E-state index contributed by atoms with van der Waals surface area (Å²) in [6, 6.07) is 4.99. The molecule has 1 aliphatic rings. The number of nitrogens with zero attached hydrogens (tertiary/aromatic N) is 3. The fraction of sp³-hybridized carbons (Fsp3) is 0.688. The van der Waals surface area contributed by atoms with Crippen molar-refractivity contribution in [2.45, 2.75) is 45.7 Å². The molecule has 1 aromatic heterocycles. The standard InChI is InChI=1S/C16H28N4/c1-4-13(3)19-8-10-20(11-9-19)14-6-7-16(18-12-14)15(17)5-2/h6-7,12-13,15H,4-5,8-11,17H2,1-3H3/t13?,15-/m1/s1. The van der Waals surface area contributed by atoms with E-state index in [0.29, 0.717) is 6.04 Å². The smallest absolute Gasteiger partial charge is 0.0572 e.